The van der Waals surface area contributed by atoms with Gasteiger partial charge in [-0.1, -0.05) is 58.8 Å². The summed E-state index contributed by atoms with van der Waals surface area (Å²) in [4.78, 5) is 2.32. The molecule has 1 N–H and O–H groups in total. The Labute approximate surface area is 133 Å². The summed E-state index contributed by atoms with van der Waals surface area (Å²) in [6.07, 6.45) is 13.3. The molecule has 2 aliphatic rings. The van der Waals surface area contributed by atoms with E-state index in [1.54, 1.807) is 0 Å². The Morgan fingerprint density at radius 2 is 1.52 bits per heavy atom. The van der Waals surface area contributed by atoms with E-state index in [-0.39, 0.29) is 0 Å². The second kappa shape index (κ2) is 7.97. The van der Waals surface area contributed by atoms with Crippen molar-refractivity contribution in [3.63, 3.8) is 0 Å². The van der Waals surface area contributed by atoms with Gasteiger partial charge in [-0.25, -0.2) is 0 Å². The monoisotopic (exact) mass is 294 g/mol. The van der Waals surface area contributed by atoms with Crippen LogP contribution in [0.15, 0.2) is 0 Å². The molecular weight excluding hydrogens is 256 g/mol. The largest absolute Gasteiger partial charge is 0.313 e. The molecule has 0 spiro atoms. The molecule has 0 saturated heterocycles. The van der Waals surface area contributed by atoms with Crippen molar-refractivity contribution in [1.82, 2.24) is 10.2 Å². The second-order valence-corrected chi connectivity index (χ2v) is 8.74. The van der Waals surface area contributed by atoms with Crippen molar-refractivity contribution in [2.75, 3.05) is 27.2 Å². The third-order valence-electron chi connectivity index (χ3n) is 5.66. The second-order valence-electron chi connectivity index (χ2n) is 8.74. The summed E-state index contributed by atoms with van der Waals surface area (Å²) in [7, 11) is 4.38. The van der Waals surface area contributed by atoms with E-state index in [1.807, 2.05) is 0 Å². The van der Waals surface area contributed by atoms with E-state index in [1.165, 1.54) is 70.9 Å². The minimum absolute atomic E-state index is 0.373. The quantitative estimate of drug-likeness (QED) is 0.785. The molecule has 2 aliphatic carbocycles. The Morgan fingerprint density at radius 3 is 2.19 bits per heavy atom. The van der Waals surface area contributed by atoms with Gasteiger partial charge in [-0.05, 0) is 44.2 Å². The fourth-order valence-electron chi connectivity index (χ4n) is 4.86. The Morgan fingerprint density at radius 1 is 0.905 bits per heavy atom. The van der Waals surface area contributed by atoms with E-state index in [2.05, 4.69) is 38.2 Å². The van der Waals surface area contributed by atoms with Crippen LogP contribution in [0.25, 0.3) is 0 Å². The lowest BCUT2D eigenvalue weighted by Gasteiger charge is -2.41. The summed E-state index contributed by atoms with van der Waals surface area (Å²) >= 11 is 0. The zero-order valence-corrected chi connectivity index (χ0v) is 15.0. The van der Waals surface area contributed by atoms with Gasteiger partial charge in [-0.15, -0.1) is 0 Å². The van der Waals surface area contributed by atoms with Crippen molar-refractivity contribution in [3.05, 3.63) is 0 Å². The molecule has 2 rings (SSSR count). The number of nitrogens with one attached hydrogen (secondary N) is 1. The number of hydrogen-bond acceptors (Lipinski definition) is 2. The zero-order chi connectivity index (χ0) is 15.3. The molecule has 0 radical (unpaired) electrons. The molecule has 21 heavy (non-hydrogen) atoms. The van der Waals surface area contributed by atoms with Gasteiger partial charge in [-0.2, -0.15) is 0 Å². The maximum Gasteiger partial charge on any atom is 0.00982 e. The summed E-state index contributed by atoms with van der Waals surface area (Å²) in [5.74, 6) is 1.99. The average molecular weight is 295 g/mol. The van der Waals surface area contributed by atoms with E-state index in [4.69, 9.17) is 0 Å². The SMILES string of the molecule is CN(C)CC(C)(C)CNC1CCCCC1C1CCCCC1. The van der Waals surface area contributed by atoms with E-state index >= 15 is 0 Å². The van der Waals surface area contributed by atoms with Gasteiger partial charge in [0.2, 0.25) is 0 Å². The van der Waals surface area contributed by atoms with Crippen LogP contribution in [0.5, 0.6) is 0 Å². The number of hydrogen-bond donors (Lipinski definition) is 1. The molecule has 2 nitrogen and oxygen atoms in total. The van der Waals surface area contributed by atoms with E-state index in [0.29, 0.717) is 5.41 Å². The van der Waals surface area contributed by atoms with Crippen molar-refractivity contribution in [2.45, 2.75) is 77.7 Å². The van der Waals surface area contributed by atoms with E-state index in [0.717, 1.165) is 17.9 Å². The van der Waals surface area contributed by atoms with E-state index < -0.39 is 0 Å². The number of nitrogens with zero attached hydrogens (tertiary/aromatic N) is 1. The summed E-state index contributed by atoms with van der Waals surface area (Å²) in [6, 6.07) is 0.795. The molecule has 0 heterocycles. The molecule has 2 heteroatoms. The van der Waals surface area contributed by atoms with Gasteiger partial charge in [0, 0.05) is 19.1 Å². The smallest absolute Gasteiger partial charge is 0.00982 e. The Hall–Kier alpha value is -0.0800. The van der Waals surface area contributed by atoms with Gasteiger partial charge < -0.3 is 10.2 Å². The van der Waals surface area contributed by atoms with Crippen LogP contribution in [-0.4, -0.2) is 38.1 Å². The van der Waals surface area contributed by atoms with Crippen LogP contribution in [0.4, 0.5) is 0 Å². The van der Waals surface area contributed by atoms with Gasteiger partial charge in [0.25, 0.3) is 0 Å². The van der Waals surface area contributed by atoms with Crippen LogP contribution >= 0.6 is 0 Å². The number of rotatable bonds is 6. The lowest BCUT2D eigenvalue weighted by Crippen LogP contribution is -2.47. The van der Waals surface area contributed by atoms with Crippen LogP contribution in [0, 0.1) is 17.3 Å². The summed E-state index contributed by atoms with van der Waals surface area (Å²) < 4.78 is 0. The van der Waals surface area contributed by atoms with Gasteiger partial charge in [0.15, 0.2) is 0 Å². The molecule has 2 saturated carbocycles. The van der Waals surface area contributed by atoms with Crippen molar-refractivity contribution < 1.29 is 0 Å². The van der Waals surface area contributed by atoms with Crippen molar-refractivity contribution in [3.8, 4) is 0 Å². The molecule has 0 aromatic rings. The first kappa shape index (κ1) is 17.3. The Balaban J connectivity index is 1.86. The molecule has 0 amide bonds. The predicted octanol–water partition coefficient (Wildman–Crippen LogP) is 4.30. The normalized spacial score (nSPS) is 29.0. The van der Waals surface area contributed by atoms with Gasteiger partial charge in [0.05, 0.1) is 0 Å². The Kier molecular flexibility index (Phi) is 6.55. The highest BCUT2D eigenvalue weighted by molar-refractivity contribution is 4.88. The minimum Gasteiger partial charge on any atom is -0.313 e. The predicted molar refractivity (Wildman–Crippen MR) is 92.7 cm³/mol. The summed E-state index contributed by atoms with van der Waals surface area (Å²) in [5.41, 5.74) is 0.373. The van der Waals surface area contributed by atoms with Gasteiger partial charge >= 0.3 is 0 Å². The van der Waals surface area contributed by atoms with Crippen LogP contribution in [0.2, 0.25) is 0 Å². The minimum atomic E-state index is 0.373. The zero-order valence-electron chi connectivity index (χ0n) is 15.0. The molecule has 124 valence electrons. The molecule has 0 aromatic heterocycles. The maximum atomic E-state index is 3.99. The van der Waals surface area contributed by atoms with Crippen LogP contribution in [-0.2, 0) is 0 Å². The lowest BCUT2D eigenvalue weighted by molar-refractivity contribution is 0.134. The first-order chi connectivity index (χ1) is 9.98. The highest BCUT2D eigenvalue weighted by Gasteiger charge is 2.33. The van der Waals surface area contributed by atoms with Gasteiger partial charge in [-0.3, -0.25) is 0 Å². The van der Waals surface area contributed by atoms with Crippen LogP contribution < -0.4 is 5.32 Å². The average Bonchev–Trinajstić information content (AvgIpc) is 2.45. The first-order valence-corrected chi connectivity index (χ1v) is 9.36. The lowest BCUT2D eigenvalue weighted by atomic mass is 9.70. The summed E-state index contributed by atoms with van der Waals surface area (Å²) in [5, 5.41) is 3.99. The van der Waals surface area contributed by atoms with Crippen molar-refractivity contribution in [2.24, 2.45) is 17.3 Å². The van der Waals surface area contributed by atoms with Crippen molar-refractivity contribution >= 4 is 0 Å². The molecule has 0 aliphatic heterocycles. The summed E-state index contributed by atoms with van der Waals surface area (Å²) in [6.45, 7) is 7.14. The molecule has 0 aromatic carbocycles. The van der Waals surface area contributed by atoms with Crippen LogP contribution in [0.3, 0.4) is 0 Å². The molecular formula is C19H38N2. The molecule has 0 bridgehead atoms. The highest BCUT2D eigenvalue weighted by atomic mass is 15.1. The maximum absolute atomic E-state index is 3.99. The third kappa shape index (κ3) is 5.56. The van der Waals surface area contributed by atoms with E-state index in [9.17, 15) is 0 Å². The van der Waals surface area contributed by atoms with Crippen LogP contribution in [0.1, 0.15) is 71.6 Å². The van der Waals surface area contributed by atoms with Crippen molar-refractivity contribution in [1.29, 1.82) is 0 Å². The third-order valence-corrected chi connectivity index (χ3v) is 5.66. The fraction of sp³-hybridized carbons (Fsp3) is 1.00. The highest BCUT2D eigenvalue weighted by Crippen LogP contribution is 2.38. The first-order valence-electron chi connectivity index (χ1n) is 9.36. The topological polar surface area (TPSA) is 15.3 Å². The molecule has 2 unspecified atom stereocenters. The standard InChI is InChI=1S/C19H38N2/c1-19(2,15-21(3)4)14-20-18-13-9-8-12-17(18)16-10-6-5-7-11-16/h16-18,20H,5-15H2,1-4H3. The Bertz CT molecular complexity index is 292. The fourth-order valence-corrected chi connectivity index (χ4v) is 4.86. The molecule has 2 atom stereocenters. The van der Waals surface area contributed by atoms with Gasteiger partial charge in [0.1, 0.15) is 0 Å². The molecule has 2 fully saturated rings.